The fourth-order valence-electron chi connectivity index (χ4n) is 2.44. The number of aliphatic hydroxyl groups is 1. The third-order valence-electron chi connectivity index (χ3n) is 3.71. The maximum atomic E-state index is 13.1. The fraction of sp³-hybridized carbons (Fsp3) is 0.600. The molecule has 20 heavy (non-hydrogen) atoms. The molecule has 1 aromatic carbocycles. The van der Waals surface area contributed by atoms with E-state index in [1.165, 1.54) is 6.07 Å². The average Bonchev–Trinajstić information content (AvgIpc) is 2.43. The highest BCUT2D eigenvalue weighted by molar-refractivity contribution is 6.30. The van der Waals surface area contributed by atoms with Gasteiger partial charge in [-0.1, -0.05) is 17.7 Å². The second kappa shape index (κ2) is 6.85. The lowest BCUT2D eigenvalue weighted by Crippen LogP contribution is -2.50. The van der Waals surface area contributed by atoms with Crippen LogP contribution in [0.1, 0.15) is 19.4 Å². The highest BCUT2D eigenvalue weighted by Crippen LogP contribution is 2.19. The standard InChI is InChI=1S/C15H21ClFNO2/c1-10(2)18-5-6-20-15(9-18)14(19)8-11-3-4-13(17)12(16)7-11/h3-4,7,10,14-15,19H,5-6,8-9H2,1-2H3. The Bertz CT molecular complexity index is 455. The second-order valence-electron chi connectivity index (χ2n) is 5.52. The number of hydrogen-bond donors (Lipinski definition) is 1. The van der Waals surface area contributed by atoms with E-state index < -0.39 is 11.9 Å². The molecular weight excluding hydrogens is 281 g/mol. The Morgan fingerprint density at radius 2 is 2.25 bits per heavy atom. The lowest BCUT2D eigenvalue weighted by molar-refractivity contribution is -0.0940. The van der Waals surface area contributed by atoms with Crippen LogP contribution in [0, 0.1) is 5.82 Å². The summed E-state index contributed by atoms with van der Waals surface area (Å²) >= 11 is 5.75. The quantitative estimate of drug-likeness (QED) is 0.927. The minimum Gasteiger partial charge on any atom is -0.390 e. The van der Waals surface area contributed by atoms with Crippen LogP contribution in [-0.2, 0) is 11.2 Å². The Morgan fingerprint density at radius 1 is 1.50 bits per heavy atom. The summed E-state index contributed by atoms with van der Waals surface area (Å²) in [4.78, 5) is 2.29. The van der Waals surface area contributed by atoms with Crippen molar-refractivity contribution in [1.29, 1.82) is 0 Å². The highest BCUT2D eigenvalue weighted by atomic mass is 35.5. The minimum atomic E-state index is -0.613. The van der Waals surface area contributed by atoms with Crippen LogP contribution in [0.5, 0.6) is 0 Å². The highest BCUT2D eigenvalue weighted by Gasteiger charge is 2.28. The molecule has 2 unspecified atom stereocenters. The summed E-state index contributed by atoms with van der Waals surface area (Å²) in [6.45, 7) is 6.50. The molecule has 1 aliphatic rings. The number of hydrogen-bond acceptors (Lipinski definition) is 3. The number of halogens is 2. The van der Waals surface area contributed by atoms with E-state index in [2.05, 4.69) is 18.7 Å². The summed E-state index contributed by atoms with van der Waals surface area (Å²) in [6.07, 6.45) is -0.413. The molecule has 1 saturated heterocycles. The maximum absolute atomic E-state index is 13.1. The number of rotatable bonds is 4. The zero-order valence-corrected chi connectivity index (χ0v) is 12.6. The van der Waals surface area contributed by atoms with Gasteiger partial charge in [0.1, 0.15) is 5.82 Å². The summed E-state index contributed by atoms with van der Waals surface area (Å²) in [5, 5.41) is 10.4. The van der Waals surface area contributed by atoms with E-state index in [0.717, 1.165) is 12.1 Å². The van der Waals surface area contributed by atoms with Crippen LogP contribution in [0.3, 0.4) is 0 Å². The third kappa shape index (κ3) is 3.92. The predicted octanol–water partition coefficient (Wildman–Crippen LogP) is 2.49. The summed E-state index contributed by atoms with van der Waals surface area (Å²) in [6, 6.07) is 4.97. The second-order valence-corrected chi connectivity index (χ2v) is 5.93. The van der Waals surface area contributed by atoms with Gasteiger partial charge in [0.05, 0.1) is 23.8 Å². The lowest BCUT2D eigenvalue weighted by Gasteiger charge is -2.37. The smallest absolute Gasteiger partial charge is 0.141 e. The number of morpholine rings is 1. The van der Waals surface area contributed by atoms with Crippen molar-refractivity contribution < 1.29 is 14.2 Å². The van der Waals surface area contributed by atoms with Crippen LogP contribution in [-0.4, -0.2) is 48.0 Å². The molecule has 0 bridgehead atoms. The molecule has 112 valence electrons. The molecule has 0 amide bonds. The van der Waals surface area contributed by atoms with Gasteiger partial charge in [0.15, 0.2) is 0 Å². The van der Waals surface area contributed by atoms with Crippen molar-refractivity contribution in [3.63, 3.8) is 0 Å². The molecule has 5 heteroatoms. The van der Waals surface area contributed by atoms with Gasteiger partial charge in [-0.2, -0.15) is 0 Å². The molecule has 2 rings (SSSR count). The van der Waals surface area contributed by atoms with Crippen molar-refractivity contribution in [2.45, 2.75) is 38.5 Å². The monoisotopic (exact) mass is 301 g/mol. The van der Waals surface area contributed by atoms with Crippen molar-refractivity contribution in [2.24, 2.45) is 0 Å². The van der Waals surface area contributed by atoms with Gasteiger partial charge < -0.3 is 9.84 Å². The Kier molecular flexibility index (Phi) is 5.38. The molecule has 1 aromatic rings. The first-order valence-electron chi connectivity index (χ1n) is 6.95. The van der Waals surface area contributed by atoms with Gasteiger partial charge >= 0.3 is 0 Å². The van der Waals surface area contributed by atoms with Gasteiger partial charge in [0.25, 0.3) is 0 Å². The van der Waals surface area contributed by atoms with Gasteiger partial charge in [-0.25, -0.2) is 4.39 Å². The van der Waals surface area contributed by atoms with E-state index in [9.17, 15) is 9.50 Å². The summed E-state index contributed by atoms with van der Waals surface area (Å²) in [5.74, 6) is -0.440. The zero-order chi connectivity index (χ0) is 14.7. The Labute approximate surface area is 124 Å². The van der Waals surface area contributed by atoms with Crippen molar-refractivity contribution in [3.8, 4) is 0 Å². The first-order valence-corrected chi connectivity index (χ1v) is 7.33. The molecule has 0 saturated carbocycles. The number of aliphatic hydroxyl groups excluding tert-OH is 1. The number of nitrogens with zero attached hydrogens (tertiary/aromatic N) is 1. The average molecular weight is 302 g/mol. The molecule has 0 spiro atoms. The number of benzene rings is 1. The number of ether oxygens (including phenoxy) is 1. The first-order chi connectivity index (χ1) is 9.47. The van der Waals surface area contributed by atoms with Crippen LogP contribution in [0.2, 0.25) is 5.02 Å². The van der Waals surface area contributed by atoms with E-state index in [4.69, 9.17) is 16.3 Å². The Balaban J connectivity index is 1.96. The van der Waals surface area contributed by atoms with Crippen LogP contribution in [0.4, 0.5) is 4.39 Å². The summed E-state index contributed by atoms with van der Waals surface area (Å²) < 4.78 is 18.8. The van der Waals surface area contributed by atoms with Gasteiger partial charge in [0.2, 0.25) is 0 Å². The molecule has 0 aromatic heterocycles. The van der Waals surface area contributed by atoms with Crippen molar-refractivity contribution >= 4 is 11.6 Å². The lowest BCUT2D eigenvalue weighted by atomic mass is 10.0. The first kappa shape index (κ1) is 15.7. The molecule has 0 aliphatic carbocycles. The third-order valence-corrected chi connectivity index (χ3v) is 4.00. The molecule has 1 fully saturated rings. The fourth-order valence-corrected chi connectivity index (χ4v) is 2.64. The summed E-state index contributed by atoms with van der Waals surface area (Å²) in [5.41, 5.74) is 0.814. The Morgan fingerprint density at radius 3 is 2.90 bits per heavy atom. The molecule has 1 aliphatic heterocycles. The summed E-state index contributed by atoms with van der Waals surface area (Å²) in [7, 11) is 0. The van der Waals surface area contributed by atoms with Crippen LogP contribution in [0.15, 0.2) is 18.2 Å². The largest absolute Gasteiger partial charge is 0.390 e. The van der Waals surface area contributed by atoms with E-state index >= 15 is 0 Å². The van der Waals surface area contributed by atoms with E-state index in [0.29, 0.717) is 25.6 Å². The van der Waals surface area contributed by atoms with Gasteiger partial charge in [0, 0.05) is 25.6 Å². The van der Waals surface area contributed by atoms with Crippen LogP contribution >= 0.6 is 11.6 Å². The Hall–Kier alpha value is -0.680. The predicted molar refractivity (Wildman–Crippen MR) is 77.6 cm³/mol. The van der Waals surface area contributed by atoms with Crippen molar-refractivity contribution in [1.82, 2.24) is 4.90 Å². The minimum absolute atomic E-state index is 0.0862. The van der Waals surface area contributed by atoms with Gasteiger partial charge in [-0.15, -0.1) is 0 Å². The molecule has 3 nitrogen and oxygen atoms in total. The maximum Gasteiger partial charge on any atom is 0.141 e. The van der Waals surface area contributed by atoms with Crippen LogP contribution < -0.4 is 0 Å². The van der Waals surface area contributed by atoms with Gasteiger partial charge in [-0.3, -0.25) is 4.90 Å². The normalized spacial score (nSPS) is 22.2. The van der Waals surface area contributed by atoms with Crippen LogP contribution in [0.25, 0.3) is 0 Å². The van der Waals surface area contributed by atoms with Crippen molar-refractivity contribution in [2.75, 3.05) is 19.7 Å². The van der Waals surface area contributed by atoms with Crippen molar-refractivity contribution in [3.05, 3.63) is 34.6 Å². The molecular formula is C15H21ClFNO2. The molecule has 2 atom stereocenters. The SMILES string of the molecule is CC(C)N1CCOC(C(O)Cc2ccc(F)c(Cl)c2)C1. The van der Waals surface area contributed by atoms with Gasteiger partial charge in [-0.05, 0) is 31.5 Å². The zero-order valence-electron chi connectivity index (χ0n) is 11.9. The molecule has 0 radical (unpaired) electrons. The molecule has 1 N–H and O–H groups in total. The topological polar surface area (TPSA) is 32.7 Å². The molecule has 1 heterocycles. The van der Waals surface area contributed by atoms with E-state index in [1.54, 1.807) is 12.1 Å². The van der Waals surface area contributed by atoms with E-state index in [-0.39, 0.29) is 11.1 Å². The van der Waals surface area contributed by atoms with E-state index in [1.807, 2.05) is 0 Å².